The first-order valence-electron chi connectivity index (χ1n) is 13.8. The highest BCUT2D eigenvalue weighted by molar-refractivity contribution is 8.02. The third-order valence-corrected chi connectivity index (χ3v) is 10.2. The molecule has 3 fully saturated rings. The normalized spacial score (nSPS) is 24.4. The van der Waals surface area contributed by atoms with Gasteiger partial charge in [0.2, 0.25) is 11.8 Å². The van der Waals surface area contributed by atoms with Crippen molar-refractivity contribution in [2.24, 2.45) is 5.92 Å². The Balaban J connectivity index is 0.00000320. The molecule has 3 aliphatic heterocycles. The number of likely N-dealkylation sites (tertiary alicyclic amines) is 1. The van der Waals surface area contributed by atoms with Crippen molar-refractivity contribution in [3.05, 3.63) is 29.8 Å². The van der Waals surface area contributed by atoms with E-state index >= 15 is 0 Å². The first-order chi connectivity index (χ1) is 17.4. The number of urea groups is 1. The fraction of sp³-hybridized carbons (Fsp3) is 0.679. The highest BCUT2D eigenvalue weighted by Crippen LogP contribution is 2.51. The Hall–Kier alpha value is -2.22. The number of hydrogen-bond donors (Lipinski definition) is 1. The second-order valence-electron chi connectivity index (χ2n) is 11.3. The molecule has 1 aromatic carbocycles. The molecule has 8 heteroatoms. The average molecular weight is 515 g/mol. The number of fused-ring (bicyclic) bond motifs is 1. The molecular weight excluding hydrogens is 472 g/mol. The molecule has 1 spiro atoms. The Morgan fingerprint density at radius 1 is 1.14 bits per heavy atom. The number of rotatable bonds is 6. The van der Waals surface area contributed by atoms with E-state index in [0.717, 1.165) is 49.9 Å². The first kappa shape index (κ1) is 25.4. The summed E-state index contributed by atoms with van der Waals surface area (Å²) in [5.74, 6) is 0.819. The molecule has 1 aliphatic carbocycles. The van der Waals surface area contributed by atoms with Crippen LogP contribution in [-0.2, 0) is 16.1 Å². The Bertz CT molecular complexity index is 991. The number of thioether (sulfide) groups is 1. The topological polar surface area (TPSA) is 73.0 Å². The van der Waals surface area contributed by atoms with Gasteiger partial charge in [0.05, 0.1) is 10.1 Å². The zero-order valence-electron chi connectivity index (χ0n) is 21.7. The van der Waals surface area contributed by atoms with Gasteiger partial charge in [0.25, 0.3) is 0 Å². The fourth-order valence-corrected chi connectivity index (χ4v) is 8.12. The van der Waals surface area contributed by atoms with Crippen molar-refractivity contribution in [3.8, 4) is 0 Å². The van der Waals surface area contributed by atoms with Crippen LogP contribution in [0.5, 0.6) is 0 Å². The van der Waals surface area contributed by atoms with Gasteiger partial charge in [-0.2, -0.15) is 0 Å². The maximum atomic E-state index is 13.5. The Morgan fingerprint density at radius 2 is 1.86 bits per heavy atom. The van der Waals surface area contributed by atoms with E-state index in [1.54, 1.807) is 11.8 Å². The molecule has 198 valence electrons. The van der Waals surface area contributed by atoms with Crippen LogP contribution in [0.4, 0.5) is 10.5 Å². The standard InChI is InChI=1S/C28H40N4O3S.H2/c1-20(2)10-17-32-26(34)24(36-28(32)13-6-3-7-14-28)18-25(33)30-15-11-22(12-16-30)31-19-21-8-4-5-9-23(21)29-27(31)35;/h4-5,8-9,20,22,24H,3,6-7,10-19H2,1-2H3,(H,29,35);1H. The summed E-state index contributed by atoms with van der Waals surface area (Å²) in [7, 11) is 0. The first-order valence-corrected chi connectivity index (χ1v) is 14.7. The van der Waals surface area contributed by atoms with Crippen LogP contribution in [0.15, 0.2) is 24.3 Å². The molecule has 1 atom stereocenters. The third kappa shape index (κ3) is 5.11. The predicted octanol–water partition coefficient (Wildman–Crippen LogP) is 5.31. The van der Waals surface area contributed by atoms with Gasteiger partial charge in [0.15, 0.2) is 0 Å². The van der Waals surface area contributed by atoms with Gasteiger partial charge in [-0.05, 0) is 49.7 Å². The molecule has 1 N–H and O–H groups in total. The summed E-state index contributed by atoms with van der Waals surface area (Å²) in [5, 5.41) is 2.75. The summed E-state index contributed by atoms with van der Waals surface area (Å²) < 4.78 is 0. The second-order valence-corrected chi connectivity index (χ2v) is 12.9. The van der Waals surface area contributed by atoms with Crippen molar-refractivity contribution in [1.29, 1.82) is 0 Å². The zero-order valence-corrected chi connectivity index (χ0v) is 22.5. The van der Waals surface area contributed by atoms with Crippen LogP contribution < -0.4 is 5.32 Å². The minimum Gasteiger partial charge on any atom is -0.342 e. The highest BCUT2D eigenvalue weighted by Gasteiger charge is 2.52. The number of nitrogens with zero attached hydrogens (tertiary/aromatic N) is 3. The monoisotopic (exact) mass is 514 g/mol. The van der Waals surface area contributed by atoms with Gasteiger partial charge in [0, 0.05) is 45.8 Å². The number of carbonyl (C=O) groups is 3. The molecule has 4 amide bonds. The second kappa shape index (κ2) is 10.6. The molecule has 36 heavy (non-hydrogen) atoms. The van der Waals surface area contributed by atoms with Crippen molar-refractivity contribution in [3.63, 3.8) is 0 Å². The molecule has 3 heterocycles. The number of hydrogen-bond acceptors (Lipinski definition) is 4. The van der Waals surface area contributed by atoms with Crippen LogP contribution in [0, 0.1) is 5.92 Å². The van der Waals surface area contributed by atoms with Crippen LogP contribution in [0.1, 0.15) is 78.6 Å². The number of carbonyl (C=O) groups excluding carboxylic acids is 3. The molecule has 1 aromatic rings. The Labute approximate surface area is 220 Å². The zero-order chi connectivity index (χ0) is 25.3. The van der Waals surface area contributed by atoms with Gasteiger partial charge in [-0.15, -0.1) is 11.8 Å². The number of para-hydroxylation sites is 1. The van der Waals surface area contributed by atoms with E-state index in [9.17, 15) is 14.4 Å². The van der Waals surface area contributed by atoms with Gasteiger partial charge >= 0.3 is 6.03 Å². The summed E-state index contributed by atoms with van der Waals surface area (Å²) >= 11 is 1.78. The lowest BCUT2D eigenvalue weighted by atomic mass is 9.92. The number of nitrogens with one attached hydrogen (secondary N) is 1. The number of amides is 4. The molecule has 1 unspecified atom stereocenters. The van der Waals surface area contributed by atoms with E-state index in [-0.39, 0.29) is 35.4 Å². The molecule has 7 nitrogen and oxygen atoms in total. The lowest BCUT2D eigenvalue weighted by Crippen LogP contribution is -2.51. The van der Waals surface area contributed by atoms with E-state index in [4.69, 9.17) is 0 Å². The summed E-state index contributed by atoms with van der Waals surface area (Å²) in [6, 6.07) is 8.01. The maximum Gasteiger partial charge on any atom is 0.322 e. The molecular formula is C28H42N4O3S. The van der Waals surface area contributed by atoms with Gasteiger partial charge < -0.3 is 20.0 Å². The van der Waals surface area contributed by atoms with Gasteiger partial charge in [0.1, 0.15) is 0 Å². The number of anilines is 1. The van der Waals surface area contributed by atoms with E-state index in [2.05, 4.69) is 30.1 Å². The van der Waals surface area contributed by atoms with E-state index in [1.807, 2.05) is 28.0 Å². The molecule has 1 saturated carbocycles. The number of piperidine rings is 1. The smallest absolute Gasteiger partial charge is 0.322 e. The third-order valence-electron chi connectivity index (χ3n) is 8.44. The summed E-state index contributed by atoms with van der Waals surface area (Å²) in [4.78, 5) is 45.4. The van der Waals surface area contributed by atoms with Crippen molar-refractivity contribution in [1.82, 2.24) is 14.7 Å². The fourth-order valence-electron chi connectivity index (χ4n) is 6.31. The predicted molar refractivity (Wildman–Crippen MR) is 146 cm³/mol. The molecule has 5 rings (SSSR count). The quantitative estimate of drug-likeness (QED) is 0.558. The summed E-state index contributed by atoms with van der Waals surface area (Å²) in [6.45, 7) is 7.12. The van der Waals surface area contributed by atoms with E-state index in [1.165, 1.54) is 19.3 Å². The van der Waals surface area contributed by atoms with Gasteiger partial charge in [-0.3, -0.25) is 9.59 Å². The summed E-state index contributed by atoms with van der Waals surface area (Å²) in [5.41, 5.74) is 2.02. The molecule has 2 saturated heterocycles. The molecule has 0 radical (unpaired) electrons. The SMILES string of the molecule is CC(C)CCN1C(=O)C(CC(=O)N2CCC(N3Cc4ccccc4NC3=O)CC2)SC12CCCCC2.[HH]. The highest BCUT2D eigenvalue weighted by atomic mass is 32.2. The molecule has 4 aliphatic rings. The van der Waals surface area contributed by atoms with Crippen LogP contribution in [-0.4, -0.2) is 68.3 Å². The largest absolute Gasteiger partial charge is 0.342 e. The minimum absolute atomic E-state index is 0. The van der Waals surface area contributed by atoms with Crippen molar-refractivity contribution in [2.45, 2.75) is 94.3 Å². The van der Waals surface area contributed by atoms with Crippen LogP contribution >= 0.6 is 11.8 Å². The average Bonchev–Trinajstić information content (AvgIpc) is 3.12. The summed E-state index contributed by atoms with van der Waals surface area (Å²) in [6.07, 6.45) is 8.55. The van der Waals surface area contributed by atoms with Gasteiger partial charge in [-0.1, -0.05) is 51.3 Å². The van der Waals surface area contributed by atoms with Crippen molar-refractivity contribution < 1.29 is 15.8 Å². The Morgan fingerprint density at radius 3 is 2.58 bits per heavy atom. The minimum atomic E-state index is -0.259. The van der Waals surface area contributed by atoms with E-state index < -0.39 is 0 Å². The lowest BCUT2D eigenvalue weighted by molar-refractivity contribution is -0.138. The number of benzene rings is 1. The molecule has 0 bridgehead atoms. The lowest BCUT2D eigenvalue weighted by Gasteiger charge is -2.41. The van der Waals surface area contributed by atoms with E-state index in [0.29, 0.717) is 32.0 Å². The van der Waals surface area contributed by atoms with Crippen molar-refractivity contribution >= 4 is 35.3 Å². The van der Waals surface area contributed by atoms with Gasteiger partial charge in [-0.25, -0.2) is 4.79 Å². The van der Waals surface area contributed by atoms with Crippen LogP contribution in [0.3, 0.4) is 0 Å². The molecule has 0 aromatic heterocycles. The van der Waals surface area contributed by atoms with Crippen molar-refractivity contribution in [2.75, 3.05) is 25.0 Å². The van der Waals surface area contributed by atoms with Crippen LogP contribution in [0.25, 0.3) is 0 Å². The maximum absolute atomic E-state index is 13.5. The van der Waals surface area contributed by atoms with Crippen LogP contribution in [0.2, 0.25) is 0 Å². The Kier molecular flexibility index (Phi) is 7.52.